The number of aryl methyl sites for hydroxylation is 2. The number of aromatic nitrogens is 6. The van der Waals surface area contributed by atoms with E-state index in [1.165, 1.54) is 11.4 Å². The Morgan fingerprint density at radius 2 is 1.01 bits per heavy atom. The van der Waals surface area contributed by atoms with E-state index in [9.17, 15) is 5.11 Å². The molecule has 80 heavy (non-hydrogen) atoms. The van der Waals surface area contributed by atoms with Gasteiger partial charge in [-0.3, -0.25) is 0 Å². The van der Waals surface area contributed by atoms with Crippen LogP contribution >= 0.6 is 11.6 Å². The molecule has 20 nitrogen and oxygen atoms in total. The first-order valence-electron chi connectivity index (χ1n) is 27.5. The van der Waals surface area contributed by atoms with Crippen molar-refractivity contribution in [1.29, 1.82) is 0 Å². The molecule has 0 atom stereocenters. The number of aliphatic hydroxyl groups excluding tert-OH is 1. The van der Waals surface area contributed by atoms with Gasteiger partial charge in [0.1, 0.15) is 23.3 Å². The van der Waals surface area contributed by atoms with Gasteiger partial charge in [-0.05, 0) is 115 Å². The van der Waals surface area contributed by atoms with Crippen molar-refractivity contribution in [2.75, 3.05) is 160 Å². The van der Waals surface area contributed by atoms with Gasteiger partial charge in [-0.15, -0.1) is 0 Å². The maximum absolute atomic E-state index is 9.51. The van der Waals surface area contributed by atoms with Crippen LogP contribution in [0.3, 0.4) is 0 Å². The van der Waals surface area contributed by atoms with Crippen LogP contribution in [0, 0.1) is 13.8 Å². The van der Waals surface area contributed by atoms with Crippen LogP contribution in [0.1, 0.15) is 43.3 Å². The second kappa shape index (κ2) is 27.8. The SMILES string of the molecule is Cc1ccc(CO)nc1N(C)c1ccnc(Nc2cc(N3CCOCC3)cc(N3CCOCC3)c2)n1.Cc1ccc(CO[Si](C)(C)C(C)(C)C)nc1N(C)c1ccnc(Cl)n1.Nc1cc(N2CCOCC2)cc(N2CCOCC2)c1. The minimum Gasteiger partial charge on any atom is -0.411 e. The zero-order valence-electron chi connectivity index (χ0n) is 48.1. The van der Waals surface area contributed by atoms with E-state index in [4.69, 9.17) is 50.7 Å². The number of anilines is 11. The number of benzene rings is 2. The maximum atomic E-state index is 9.51. The maximum Gasteiger partial charge on any atom is 0.229 e. The molecule has 0 saturated carbocycles. The van der Waals surface area contributed by atoms with Crippen LogP contribution in [0.5, 0.6) is 0 Å². The standard InChI is InChI=1S/C26H33N7O3.C18H27ClN4OSi.C14H21N3O2/c1-19-3-4-20(18-34)28-25(19)31(2)24-5-6-27-26(30-24)29-21-15-22(32-7-11-35-12-8-32)17-23(16-21)33-9-13-36-14-10-33;1-13-8-9-14(12-24-25(6,7)18(2,3)4)21-16(13)23(5)15-10-11-20-17(19)22-15;15-12-9-13(16-1-5-18-6-2-16)11-14(10-12)17-3-7-19-8-4-17/h3-6,15-17,34H,7-14,18H2,1-2H3,(H,27,29,30);8-11H,12H2,1-7H3;9-11H,1-8,15H2. The summed E-state index contributed by atoms with van der Waals surface area (Å²) in [4.78, 5) is 40.0. The lowest BCUT2D eigenvalue weighted by Gasteiger charge is -2.36. The molecule has 0 bridgehead atoms. The highest BCUT2D eigenvalue weighted by Gasteiger charge is 2.37. The van der Waals surface area contributed by atoms with E-state index >= 15 is 0 Å². The molecule has 430 valence electrons. The highest BCUT2D eigenvalue weighted by atomic mass is 35.5. The fourth-order valence-electron chi connectivity index (χ4n) is 9.19. The van der Waals surface area contributed by atoms with Crippen molar-refractivity contribution >= 4 is 83.3 Å². The predicted octanol–water partition coefficient (Wildman–Crippen LogP) is 8.92. The van der Waals surface area contributed by atoms with E-state index in [-0.39, 0.29) is 16.9 Å². The number of halogens is 1. The van der Waals surface area contributed by atoms with Crippen molar-refractivity contribution in [3.05, 3.63) is 113 Å². The number of nitrogen functional groups attached to an aromatic ring is 1. The molecule has 0 unspecified atom stereocenters. The minimum atomic E-state index is -1.81. The average molecular weight is 1130 g/mol. The van der Waals surface area contributed by atoms with E-state index < -0.39 is 8.32 Å². The number of aliphatic hydroxyl groups is 1. The van der Waals surface area contributed by atoms with Gasteiger partial charge in [-0.25, -0.2) is 24.9 Å². The summed E-state index contributed by atoms with van der Waals surface area (Å²) in [7, 11) is 2.03. The Balaban J connectivity index is 0.000000167. The molecule has 22 heteroatoms. The number of nitrogens with zero attached hydrogens (tertiary/aromatic N) is 12. The number of ether oxygens (including phenoxy) is 4. The number of nitrogens with two attached hydrogens (primary N) is 1. The van der Waals surface area contributed by atoms with Gasteiger partial charge >= 0.3 is 0 Å². The number of morpholine rings is 4. The first-order valence-corrected chi connectivity index (χ1v) is 30.8. The Morgan fingerprint density at radius 3 is 1.45 bits per heavy atom. The van der Waals surface area contributed by atoms with Crippen molar-refractivity contribution in [2.45, 2.75) is 66.0 Å². The van der Waals surface area contributed by atoms with E-state index in [1.807, 2.05) is 68.1 Å². The summed E-state index contributed by atoms with van der Waals surface area (Å²) in [6.07, 6.45) is 3.38. The first kappa shape index (κ1) is 59.7. The van der Waals surface area contributed by atoms with Crippen LogP contribution in [0.15, 0.2) is 85.2 Å². The molecule has 2 aromatic carbocycles. The summed E-state index contributed by atoms with van der Waals surface area (Å²) < 4.78 is 28.2. The van der Waals surface area contributed by atoms with Crippen LogP contribution in [-0.2, 0) is 36.6 Å². The summed E-state index contributed by atoms with van der Waals surface area (Å²) in [6, 6.07) is 24.4. The van der Waals surface area contributed by atoms with Crippen molar-refractivity contribution in [3.63, 3.8) is 0 Å². The molecule has 8 heterocycles. The minimum absolute atomic E-state index is 0.108. The molecule has 0 spiro atoms. The van der Waals surface area contributed by atoms with Crippen LogP contribution < -0.4 is 40.4 Å². The molecule has 4 aliphatic rings. The largest absolute Gasteiger partial charge is 0.411 e. The second-order valence-corrected chi connectivity index (χ2v) is 26.8. The topological polar surface area (TPSA) is 201 Å². The second-order valence-electron chi connectivity index (χ2n) is 21.7. The van der Waals surface area contributed by atoms with Crippen LogP contribution in [0.4, 0.5) is 63.3 Å². The zero-order valence-corrected chi connectivity index (χ0v) is 49.9. The average Bonchev–Trinajstić information content (AvgIpc) is 3.48. The third kappa shape index (κ3) is 16.1. The van der Waals surface area contributed by atoms with Crippen LogP contribution in [0.25, 0.3) is 0 Å². The molecule has 0 radical (unpaired) electrons. The van der Waals surface area contributed by atoms with Gasteiger partial charge in [0.25, 0.3) is 0 Å². The van der Waals surface area contributed by atoms with Crippen LogP contribution in [-0.4, -0.2) is 163 Å². The molecule has 4 aliphatic heterocycles. The summed E-state index contributed by atoms with van der Waals surface area (Å²) in [5, 5.41) is 13.3. The normalized spacial score (nSPS) is 16.0. The van der Waals surface area contributed by atoms with Crippen molar-refractivity contribution in [2.24, 2.45) is 0 Å². The monoisotopic (exact) mass is 1130 g/mol. The van der Waals surface area contributed by atoms with Crippen molar-refractivity contribution < 1.29 is 28.5 Å². The highest BCUT2D eigenvalue weighted by Crippen LogP contribution is 2.38. The van der Waals surface area contributed by atoms with Gasteiger partial charge in [0, 0.05) is 113 Å². The van der Waals surface area contributed by atoms with Gasteiger partial charge in [-0.2, -0.15) is 4.98 Å². The van der Waals surface area contributed by atoms with Crippen molar-refractivity contribution in [3.8, 4) is 0 Å². The Hall–Kier alpha value is -6.43. The molecule has 4 saturated heterocycles. The fourth-order valence-corrected chi connectivity index (χ4v) is 10.3. The molecule has 4 N–H and O–H groups in total. The molecule has 4 fully saturated rings. The molecular weight excluding hydrogens is 1050 g/mol. The summed E-state index contributed by atoms with van der Waals surface area (Å²) in [6.45, 7) is 28.9. The first-order chi connectivity index (χ1) is 38.4. The predicted molar refractivity (Wildman–Crippen MR) is 324 cm³/mol. The molecule has 0 aliphatic carbocycles. The fraction of sp³-hybridized carbons (Fsp3) is 0.483. The molecule has 0 amide bonds. The van der Waals surface area contributed by atoms with E-state index in [2.05, 4.69) is 121 Å². The molecule has 10 rings (SSSR count). The molecule has 4 aromatic heterocycles. The lowest BCUT2D eigenvalue weighted by Crippen LogP contribution is -2.40. The lowest BCUT2D eigenvalue weighted by molar-refractivity contribution is 0.122. The number of hydrogen-bond acceptors (Lipinski definition) is 20. The number of pyridine rings is 2. The van der Waals surface area contributed by atoms with E-state index in [1.54, 1.807) is 12.4 Å². The Bertz CT molecular complexity index is 2880. The third-order valence-electron chi connectivity index (χ3n) is 15.0. The third-order valence-corrected chi connectivity index (χ3v) is 19.6. The van der Waals surface area contributed by atoms with Crippen LogP contribution in [0.2, 0.25) is 23.4 Å². The number of rotatable bonds is 14. The van der Waals surface area contributed by atoms with Gasteiger partial charge in [0.05, 0.1) is 77.5 Å². The quantitative estimate of drug-likeness (QED) is 0.0530. The molecular formula is C58H81ClN14O6Si. The number of hydrogen-bond donors (Lipinski definition) is 3. The smallest absolute Gasteiger partial charge is 0.229 e. The van der Waals surface area contributed by atoms with Gasteiger partial charge in [0.2, 0.25) is 11.2 Å². The van der Waals surface area contributed by atoms with E-state index in [0.29, 0.717) is 29.9 Å². The van der Waals surface area contributed by atoms with Crippen molar-refractivity contribution in [1.82, 2.24) is 29.9 Å². The Kier molecular flexibility index (Phi) is 20.8. The van der Waals surface area contributed by atoms with Gasteiger partial charge < -0.3 is 68.9 Å². The summed E-state index contributed by atoms with van der Waals surface area (Å²) >= 11 is 5.91. The summed E-state index contributed by atoms with van der Waals surface area (Å²) in [5.41, 5.74) is 16.1. The number of nitrogens with one attached hydrogen (secondary N) is 1. The van der Waals surface area contributed by atoms with E-state index in [0.717, 1.165) is 156 Å². The Morgan fingerprint density at radius 1 is 0.600 bits per heavy atom. The van der Waals surface area contributed by atoms with Gasteiger partial charge in [-0.1, -0.05) is 32.9 Å². The summed E-state index contributed by atoms with van der Waals surface area (Å²) in [5.74, 6) is 3.50. The Labute approximate surface area is 478 Å². The highest BCUT2D eigenvalue weighted by molar-refractivity contribution is 6.74. The molecule has 6 aromatic rings. The zero-order chi connectivity index (χ0) is 56.8. The lowest BCUT2D eigenvalue weighted by atomic mass is 10.2. The van der Waals surface area contributed by atoms with Gasteiger partial charge in [0.15, 0.2) is 8.32 Å².